The van der Waals surface area contributed by atoms with E-state index >= 15 is 0 Å². The zero-order chi connectivity index (χ0) is 21.5. The second-order valence-electron chi connectivity index (χ2n) is 8.24. The van der Waals surface area contributed by atoms with Crippen LogP contribution in [0.3, 0.4) is 0 Å². The molecule has 4 nitrogen and oxygen atoms in total. The third-order valence-electron chi connectivity index (χ3n) is 6.09. The summed E-state index contributed by atoms with van der Waals surface area (Å²) in [7, 11) is 0. The predicted octanol–water partition coefficient (Wildman–Crippen LogP) is 6.59. The average Bonchev–Trinajstić information content (AvgIpc) is 3.45. The van der Waals surface area contributed by atoms with Gasteiger partial charge in [-0.25, -0.2) is 0 Å². The molecule has 4 rings (SSSR count). The Kier molecular flexibility index (Phi) is 7.11. The fourth-order valence-corrected chi connectivity index (χ4v) is 4.21. The molecule has 2 atom stereocenters. The van der Waals surface area contributed by atoms with E-state index in [1.807, 2.05) is 12.2 Å². The van der Waals surface area contributed by atoms with Crippen LogP contribution in [0.2, 0.25) is 0 Å². The first kappa shape index (κ1) is 21.3. The van der Waals surface area contributed by atoms with Crippen molar-refractivity contribution in [2.75, 3.05) is 6.54 Å². The smallest absolute Gasteiger partial charge is 0.257 e. The van der Waals surface area contributed by atoms with Crippen molar-refractivity contribution in [1.29, 1.82) is 0 Å². The molecule has 1 aromatic heterocycles. The summed E-state index contributed by atoms with van der Waals surface area (Å²) in [5, 5.41) is 7.77. The first-order valence-electron chi connectivity index (χ1n) is 11.2. The van der Waals surface area contributed by atoms with Crippen molar-refractivity contribution in [3.63, 3.8) is 0 Å². The standard InChI is InChI=1S/C27H31N3O/c1-3-4-5-6-9-20(2)21-10-7-11-24(18-13-21)27-29-26(30-31-27)23-16-14-22(15-17-23)25-12-8-19-28-25/h3-5,9,11,13-18,21,25,28H,1,6-8,10,12,19H2,2H3/b5-4?,20-9+. The van der Waals surface area contributed by atoms with E-state index < -0.39 is 0 Å². The number of nitrogens with zero attached hydrogens (tertiary/aromatic N) is 2. The molecule has 0 bridgehead atoms. The zero-order valence-corrected chi connectivity index (χ0v) is 18.3. The van der Waals surface area contributed by atoms with E-state index in [0.717, 1.165) is 36.9 Å². The molecule has 0 radical (unpaired) electrons. The first-order chi connectivity index (χ1) is 15.2. The van der Waals surface area contributed by atoms with Crippen molar-refractivity contribution in [2.24, 2.45) is 5.92 Å². The molecule has 1 aromatic carbocycles. The zero-order valence-electron chi connectivity index (χ0n) is 18.3. The van der Waals surface area contributed by atoms with Gasteiger partial charge in [0.25, 0.3) is 5.89 Å². The number of aromatic nitrogens is 2. The third kappa shape index (κ3) is 5.39. The highest BCUT2D eigenvalue weighted by Gasteiger charge is 2.18. The molecule has 0 amide bonds. The van der Waals surface area contributed by atoms with Crippen LogP contribution in [0.5, 0.6) is 0 Å². The van der Waals surface area contributed by atoms with Crippen LogP contribution >= 0.6 is 0 Å². The van der Waals surface area contributed by atoms with Gasteiger partial charge in [-0.3, -0.25) is 0 Å². The molecule has 1 N–H and O–H groups in total. The van der Waals surface area contributed by atoms with Gasteiger partial charge in [-0.05, 0) is 57.1 Å². The van der Waals surface area contributed by atoms with Crippen LogP contribution in [0.4, 0.5) is 0 Å². The number of benzene rings is 1. The lowest BCUT2D eigenvalue weighted by atomic mass is 9.95. The predicted molar refractivity (Wildman–Crippen MR) is 127 cm³/mol. The Balaban J connectivity index is 1.43. The van der Waals surface area contributed by atoms with Gasteiger partial charge in [0, 0.05) is 17.2 Å². The molecular formula is C27H31N3O. The normalized spacial score (nSPS) is 22.0. The highest BCUT2D eigenvalue weighted by molar-refractivity contribution is 5.70. The quantitative estimate of drug-likeness (QED) is 0.411. The van der Waals surface area contributed by atoms with E-state index in [1.165, 1.54) is 24.0 Å². The van der Waals surface area contributed by atoms with Crippen LogP contribution in [0.25, 0.3) is 17.0 Å². The Labute approximate surface area is 185 Å². The molecule has 4 heteroatoms. The van der Waals surface area contributed by atoms with E-state index in [4.69, 9.17) is 4.52 Å². The Hall–Kier alpha value is -2.98. The average molecular weight is 414 g/mol. The number of allylic oxidation sites excluding steroid dienone is 9. The molecule has 0 spiro atoms. The molecule has 160 valence electrons. The summed E-state index contributed by atoms with van der Waals surface area (Å²) in [5.74, 6) is 1.66. The lowest BCUT2D eigenvalue weighted by Gasteiger charge is -2.11. The summed E-state index contributed by atoms with van der Waals surface area (Å²) < 4.78 is 5.61. The van der Waals surface area contributed by atoms with E-state index in [1.54, 1.807) is 0 Å². The molecule has 2 aromatic rings. The summed E-state index contributed by atoms with van der Waals surface area (Å²) in [4.78, 5) is 4.67. The van der Waals surface area contributed by atoms with Gasteiger partial charge >= 0.3 is 0 Å². The number of nitrogens with one attached hydrogen (secondary N) is 1. The van der Waals surface area contributed by atoms with Gasteiger partial charge in [0.15, 0.2) is 0 Å². The Bertz CT molecular complexity index is 1000. The lowest BCUT2D eigenvalue weighted by Crippen LogP contribution is -2.12. The van der Waals surface area contributed by atoms with Crippen LogP contribution in [0.1, 0.15) is 56.5 Å². The molecule has 31 heavy (non-hydrogen) atoms. The molecule has 0 saturated carbocycles. The second kappa shape index (κ2) is 10.4. The summed E-state index contributed by atoms with van der Waals surface area (Å²) in [6, 6.07) is 8.99. The van der Waals surface area contributed by atoms with E-state index in [-0.39, 0.29) is 0 Å². The summed E-state index contributed by atoms with van der Waals surface area (Å²) in [6.45, 7) is 7.02. The maximum atomic E-state index is 5.61. The third-order valence-corrected chi connectivity index (χ3v) is 6.09. The van der Waals surface area contributed by atoms with Crippen LogP contribution in [0.15, 0.2) is 83.5 Å². The second-order valence-corrected chi connectivity index (χ2v) is 8.24. The molecule has 1 aliphatic carbocycles. The van der Waals surface area contributed by atoms with Crippen molar-refractivity contribution in [1.82, 2.24) is 15.5 Å². The largest absolute Gasteiger partial charge is 0.334 e. The monoisotopic (exact) mass is 413 g/mol. The highest BCUT2D eigenvalue weighted by Crippen LogP contribution is 2.29. The summed E-state index contributed by atoms with van der Waals surface area (Å²) in [6.07, 6.45) is 20.2. The van der Waals surface area contributed by atoms with Gasteiger partial charge in [0.1, 0.15) is 0 Å². The lowest BCUT2D eigenvalue weighted by molar-refractivity contribution is 0.409. The van der Waals surface area contributed by atoms with Gasteiger partial charge in [-0.2, -0.15) is 4.98 Å². The van der Waals surface area contributed by atoms with Crippen LogP contribution in [-0.4, -0.2) is 16.7 Å². The Morgan fingerprint density at radius 2 is 2.13 bits per heavy atom. The molecule has 1 fully saturated rings. The van der Waals surface area contributed by atoms with Gasteiger partial charge in [-0.1, -0.05) is 84.1 Å². The van der Waals surface area contributed by atoms with E-state index in [9.17, 15) is 0 Å². The minimum absolute atomic E-state index is 0.435. The van der Waals surface area contributed by atoms with E-state index in [2.05, 4.69) is 83.6 Å². The summed E-state index contributed by atoms with van der Waals surface area (Å²) in [5.41, 5.74) is 4.71. The number of rotatable bonds is 7. The molecule has 2 unspecified atom stereocenters. The van der Waals surface area contributed by atoms with Gasteiger partial charge in [0.05, 0.1) is 0 Å². The van der Waals surface area contributed by atoms with Crippen LogP contribution < -0.4 is 5.32 Å². The highest BCUT2D eigenvalue weighted by atomic mass is 16.5. The maximum Gasteiger partial charge on any atom is 0.257 e. The molecule has 2 heterocycles. The van der Waals surface area contributed by atoms with Crippen molar-refractivity contribution in [3.8, 4) is 11.4 Å². The van der Waals surface area contributed by atoms with Crippen molar-refractivity contribution < 1.29 is 4.52 Å². The van der Waals surface area contributed by atoms with Crippen LogP contribution in [0, 0.1) is 5.92 Å². The minimum atomic E-state index is 0.435. The fraction of sp³-hybridized carbons (Fsp3) is 0.333. The van der Waals surface area contributed by atoms with Gasteiger partial charge < -0.3 is 9.84 Å². The Morgan fingerprint density at radius 1 is 1.26 bits per heavy atom. The van der Waals surface area contributed by atoms with Gasteiger partial charge in [-0.15, -0.1) is 0 Å². The molecular weight excluding hydrogens is 382 g/mol. The summed E-state index contributed by atoms with van der Waals surface area (Å²) >= 11 is 0. The molecule has 1 aliphatic heterocycles. The first-order valence-corrected chi connectivity index (χ1v) is 11.2. The fourth-order valence-electron chi connectivity index (χ4n) is 4.21. The van der Waals surface area contributed by atoms with Crippen molar-refractivity contribution in [2.45, 2.75) is 45.1 Å². The Morgan fingerprint density at radius 3 is 2.90 bits per heavy atom. The van der Waals surface area contributed by atoms with Gasteiger partial charge in [0.2, 0.25) is 5.82 Å². The maximum absolute atomic E-state index is 5.61. The molecule has 1 saturated heterocycles. The van der Waals surface area contributed by atoms with Crippen LogP contribution in [-0.2, 0) is 0 Å². The number of hydrogen-bond acceptors (Lipinski definition) is 4. The van der Waals surface area contributed by atoms with E-state index in [0.29, 0.717) is 23.7 Å². The molecule has 2 aliphatic rings. The van der Waals surface area contributed by atoms with Crippen molar-refractivity contribution in [3.05, 3.63) is 90.4 Å². The number of hydrogen-bond donors (Lipinski definition) is 1. The van der Waals surface area contributed by atoms with Crippen molar-refractivity contribution >= 4 is 5.57 Å². The SMILES string of the molecule is C=CC=CC/C=C(\C)C1C=CC(c2nc(-c3ccc(C4CCCN4)cc3)no2)=CCC1. The minimum Gasteiger partial charge on any atom is -0.334 e. The topological polar surface area (TPSA) is 51.0 Å².